The number of nitrogens with one attached hydrogen (secondary N) is 2. The molecule has 2 aromatic carbocycles. The summed E-state index contributed by atoms with van der Waals surface area (Å²) < 4.78 is 2.07. The number of imidazole rings is 1. The predicted octanol–water partition coefficient (Wildman–Crippen LogP) is 4.81. The largest absolute Gasteiger partial charge is 0.331 e. The van der Waals surface area contributed by atoms with Crippen molar-refractivity contribution in [3.63, 3.8) is 0 Å². The Morgan fingerprint density at radius 3 is 2.33 bits per heavy atom. The first-order valence-corrected chi connectivity index (χ1v) is 14.7. The normalized spacial score (nSPS) is 10.9. The van der Waals surface area contributed by atoms with Gasteiger partial charge in [-0.25, -0.2) is 4.98 Å². The Morgan fingerprint density at radius 1 is 0.786 bits per heavy atom. The maximum absolute atomic E-state index is 12.6. The van der Waals surface area contributed by atoms with Gasteiger partial charge in [0.1, 0.15) is 10.8 Å². The second kappa shape index (κ2) is 14.2. The van der Waals surface area contributed by atoms with Crippen molar-refractivity contribution >= 4 is 34.1 Å². The third kappa shape index (κ3) is 8.61. The standard InChI is InChI=1S/C31H32N8O2S/c1-22-32-16-17-39(22)21-25-11-7-10-24(18-25)20-29(41)34-31-38-37-30(42-31)13-6-5-12-26-14-15-27(36-35-26)33-28(40)19-23-8-3-2-4-9-23/h2-4,7-11,14-18H,5-6,12-13,19-21H2,1H3,(H,33,36,40)(H,34,38,41). The zero-order chi connectivity index (χ0) is 29.1. The van der Waals surface area contributed by atoms with E-state index in [-0.39, 0.29) is 18.2 Å². The number of hydrogen-bond acceptors (Lipinski definition) is 8. The lowest BCUT2D eigenvalue weighted by Crippen LogP contribution is -2.15. The fourth-order valence-electron chi connectivity index (χ4n) is 4.47. The summed E-state index contributed by atoms with van der Waals surface area (Å²) in [6.07, 6.45) is 7.65. The molecule has 5 aromatic rings. The molecule has 0 aliphatic rings. The highest BCUT2D eigenvalue weighted by Crippen LogP contribution is 2.18. The fraction of sp³-hybridized carbons (Fsp3) is 0.258. The molecule has 2 N–H and O–H groups in total. The number of nitrogens with zero attached hydrogens (tertiary/aromatic N) is 6. The number of aryl methyl sites for hydroxylation is 3. The Kier molecular flexibility index (Phi) is 9.73. The van der Waals surface area contributed by atoms with Gasteiger partial charge in [-0.1, -0.05) is 65.9 Å². The Hall–Kier alpha value is -4.77. The minimum Gasteiger partial charge on any atom is -0.331 e. The van der Waals surface area contributed by atoms with Crippen LogP contribution in [0, 0.1) is 6.92 Å². The van der Waals surface area contributed by atoms with Crippen molar-refractivity contribution in [1.82, 2.24) is 29.9 Å². The van der Waals surface area contributed by atoms with E-state index in [2.05, 4.69) is 40.6 Å². The number of aromatic nitrogens is 6. The number of unbranched alkanes of at least 4 members (excludes halogenated alkanes) is 1. The highest BCUT2D eigenvalue weighted by atomic mass is 32.1. The van der Waals surface area contributed by atoms with E-state index < -0.39 is 0 Å². The highest BCUT2D eigenvalue weighted by Gasteiger charge is 2.11. The lowest BCUT2D eigenvalue weighted by molar-refractivity contribution is -0.116. The van der Waals surface area contributed by atoms with E-state index in [1.54, 1.807) is 12.3 Å². The SMILES string of the molecule is Cc1nccn1Cc1cccc(CC(=O)Nc2nnc(CCCCc3ccc(NC(=O)Cc4ccccc4)nn3)s2)c1. The molecule has 2 amide bonds. The first-order chi connectivity index (χ1) is 20.5. The fourth-order valence-corrected chi connectivity index (χ4v) is 5.27. The van der Waals surface area contributed by atoms with Gasteiger partial charge in [0.25, 0.3) is 0 Å². The van der Waals surface area contributed by atoms with Crippen LogP contribution in [0.1, 0.15) is 46.1 Å². The molecule has 0 fully saturated rings. The number of carbonyl (C=O) groups is 2. The van der Waals surface area contributed by atoms with Crippen LogP contribution in [-0.4, -0.2) is 41.8 Å². The smallest absolute Gasteiger partial charge is 0.230 e. The first-order valence-electron chi connectivity index (χ1n) is 13.8. The molecule has 3 aromatic heterocycles. The van der Waals surface area contributed by atoms with Crippen LogP contribution in [0.4, 0.5) is 10.9 Å². The zero-order valence-electron chi connectivity index (χ0n) is 23.4. The molecule has 0 unspecified atom stereocenters. The minimum absolute atomic E-state index is 0.119. The third-order valence-electron chi connectivity index (χ3n) is 6.61. The van der Waals surface area contributed by atoms with Gasteiger partial charge in [-0.2, -0.15) is 5.10 Å². The van der Waals surface area contributed by atoms with Gasteiger partial charge >= 0.3 is 0 Å². The predicted molar refractivity (Wildman–Crippen MR) is 162 cm³/mol. The molecule has 0 saturated heterocycles. The molecule has 10 nitrogen and oxygen atoms in total. The first kappa shape index (κ1) is 28.7. The monoisotopic (exact) mass is 580 g/mol. The lowest BCUT2D eigenvalue weighted by atomic mass is 10.1. The van der Waals surface area contributed by atoms with Gasteiger partial charge in [-0.15, -0.1) is 15.3 Å². The molecule has 0 atom stereocenters. The van der Waals surface area contributed by atoms with E-state index in [9.17, 15) is 9.59 Å². The van der Waals surface area contributed by atoms with Crippen LogP contribution >= 0.6 is 11.3 Å². The summed E-state index contributed by atoms with van der Waals surface area (Å²) in [5, 5.41) is 23.8. The molecular formula is C31H32N8O2S. The second-order valence-corrected chi connectivity index (χ2v) is 11.0. The molecule has 0 aliphatic carbocycles. The van der Waals surface area contributed by atoms with Gasteiger partial charge in [0.15, 0.2) is 5.82 Å². The van der Waals surface area contributed by atoms with Gasteiger partial charge in [-0.3, -0.25) is 9.59 Å². The average molecular weight is 581 g/mol. The van der Waals surface area contributed by atoms with E-state index in [4.69, 9.17) is 0 Å². The van der Waals surface area contributed by atoms with Crippen molar-refractivity contribution in [2.75, 3.05) is 10.6 Å². The van der Waals surface area contributed by atoms with E-state index in [0.717, 1.165) is 58.9 Å². The summed E-state index contributed by atoms with van der Waals surface area (Å²) in [7, 11) is 0. The number of benzene rings is 2. The highest BCUT2D eigenvalue weighted by molar-refractivity contribution is 7.15. The zero-order valence-corrected chi connectivity index (χ0v) is 24.2. The molecule has 42 heavy (non-hydrogen) atoms. The molecule has 214 valence electrons. The molecule has 0 spiro atoms. The topological polar surface area (TPSA) is 128 Å². The van der Waals surface area contributed by atoms with Crippen LogP contribution in [0.5, 0.6) is 0 Å². The summed E-state index contributed by atoms with van der Waals surface area (Å²) in [5.41, 5.74) is 3.87. The number of anilines is 2. The second-order valence-electron chi connectivity index (χ2n) is 9.98. The van der Waals surface area contributed by atoms with Crippen LogP contribution in [0.25, 0.3) is 0 Å². The summed E-state index contributed by atoms with van der Waals surface area (Å²) in [5.74, 6) is 1.16. The van der Waals surface area contributed by atoms with Gasteiger partial charge in [0.05, 0.1) is 18.5 Å². The number of carbonyl (C=O) groups excluding carboxylic acids is 2. The van der Waals surface area contributed by atoms with Crippen molar-refractivity contribution < 1.29 is 9.59 Å². The third-order valence-corrected chi connectivity index (χ3v) is 7.51. The number of rotatable bonds is 13. The van der Waals surface area contributed by atoms with Gasteiger partial charge in [0, 0.05) is 25.4 Å². The number of amides is 2. The molecular weight excluding hydrogens is 548 g/mol. The summed E-state index contributed by atoms with van der Waals surface area (Å²) >= 11 is 1.40. The molecule has 11 heteroatoms. The quantitative estimate of drug-likeness (QED) is 0.191. The molecule has 0 saturated carbocycles. The van der Waals surface area contributed by atoms with E-state index in [1.165, 1.54) is 11.3 Å². The van der Waals surface area contributed by atoms with Crippen LogP contribution in [0.2, 0.25) is 0 Å². The Balaban J connectivity index is 1.01. The lowest BCUT2D eigenvalue weighted by Gasteiger charge is -2.07. The molecule has 0 bridgehead atoms. The summed E-state index contributed by atoms with van der Waals surface area (Å²) in [6, 6.07) is 21.3. The molecule has 0 radical (unpaired) electrons. The van der Waals surface area contributed by atoms with Crippen LogP contribution in [0.15, 0.2) is 79.1 Å². The maximum Gasteiger partial charge on any atom is 0.230 e. The van der Waals surface area contributed by atoms with Gasteiger partial charge < -0.3 is 15.2 Å². The minimum atomic E-state index is -0.123. The van der Waals surface area contributed by atoms with E-state index in [1.807, 2.05) is 73.8 Å². The molecule has 3 heterocycles. The van der Waals surface area contributed by atoms with E-state index >= 15 is 0 Å². The van der Waals surface area contributed by atoms with Crippen molar-refractivity contribution in [1.29, 1.82) is 0 Å². The van der Waals surface area contributed by atoms with Gasteiger partial charge in [0.2, 0.25) is 16.9 Å². The number of hydrogen-bond donors (Lipinski definition) is 2. The van der Waals surface area contributed by atoms with Crippen molar-refractivity contribution in [3.8, 4) is 0 Å². The van der Waals surface area contributed by atoms with Crippen LogP contribution in [-0.2, 0) is 41.8 Å². The van der Waals surface area contributed by atoms with Gasteiger partial charge in [-0.05, 0) is 55.0 Å². The summed E-state index contributed by atoms with van der Waals surface area (Å²) in [6.45, 7) is 2.69. The Morgan fingerprint density at radius 2 is 1.55 bits per heavy atom. The van der Waals surface area contributed by atoms with Crippen LogP contribution in [0.3, 0.4) is 0 Å². The van der Waals surface area contributed by atoms with Crippen molar-refractivity contribution in [2.24, 2.45) is 0 Å². The molecule has 0 aliphatic heterocycles. The summed E-state index contributed by atoms with van der Waals surface area (Å²) in [4.78, 5) is 29.1. The maximum atomic E-state index is 12.6. The Bertz CT molecular complexity index is 1620. The molecule has 5 rings (SSSR count). The Labute approximate surface area is 248 Å². The van der Waals surface area contributed by atoms with Crippen molar-refractivity contribution in [3.05, 3.63) is 112 Å². The average Bonchev–Trinajstić information content (AvgIpc) is 3.60. The van der Waals surface area contributed by atoms with Crippen LogP contribution < -0.4 is 10.6 Å². The van der Waals surface area contributed by atoms with Crippen molar-refractivity contribution in [2.45, 2.75) is 52.0 Å². The van der Waals surface area contributed by atoms with E-state index in [0.29, 0.717) is 23.9 Å².